The number of hydrogen-bond acceptors (Lipinski definition) is 3. The van der Waals surface area contributed by atoms with Gasteiger partial charge in [-0.05, 0) is 49.8 Å². The van der Waals surface area contributed by atoms with E-state index in [1.807, 2.05) is 12.1 Å². The van der Waals surface area contributed by atoms with E-state index in [4.69, 9.17) is 9.84 Å². The zero-order chi connectivity index (χ0) is 14.1. The molecule has 0 aliphatic carbocycles. The van der Waals surface area contributed by atoms with E-state index in [0.29, 0.717) is 11.7 Å². The van der Waals surface area contributed by atoms with Crippen molar-refractivity contribution >= 4 is 17.7 Å². The molecule has 0 bridgehead atoms. The first-order chi connectivity index (χ1) is 9.13. The molecule has 3 nitrogen and oxygen atoms in total. The minimum atomic E-state index is -0.871. The summed E-state index contributed by atoms with van der Waals surface area (Å²) in [6, 6.07) is 7.07. The second-order valence-electron chi connectivity index (χ2n) is 4.57. The topological polar surface area (TPSA) is 46.5 Å². The van der Waals surface area contributed by atoms with Crippen LogP contribution < -0.4 is 0 Å². The molecule has 0 heterocycles. The molecule has 0 fully saturated rings. The summed E-state index contributed by atoms with van der Waals surface area (Å²) in [5, 5.41) is 8.80. The molecule has 1 aromatic carbocycles. The molecule has 1 N–H and O–H groups in total. The molecule has 0 saturated carbocycles. The zero-order valence-electron chi connectivity index (χ0n) is 11.6. The van der Waals surface area contributed by atoms with Gasteiger partial charge in [0.25, 0.3) is 0 Å². The van der Waals surface area contributed by atoms with Crippen molar-refractivity contribution in [2.45, 2.75) is 43.6 Å². The summed E-state index contributed by atoms with van der Waals surface area (Å²) in [6.45, 7) is 2.10. The lowest BCUT2D eigenvalue weighted by Gasteiger charge is -2.08. The fourth-order valence-electron chi connectivity index (χ4n) is 1.71. The highest BCUT2D eigenvalue weighted by Crippen LogP contribution is 2.20. The fourth-order valence-corrected chi connectivity index (χ4v) is 2.62. The minimum Gasteiger partial charge on any atom is -0.478 e. The van der Waals surface area contributed by atoms with Gasteiger partial charge in [0.2, 0.25) is 0 Å². The Morgan fingerprint density at radius 3 is 2.53 bits per heavy atom. The summed E-state index contributed by atoms with van der Waals surface area (Å²) in [5.74, 6) is 0.206. The molecule has 106 valence electrons. The summed E-state index contributed by atoms with van der Waals surface area (Å²) in [7, 11) is 1.75. The molecule has 0 amide bonds. The molecule has 4 heteroatoms. The first kappa shape index (κ1) is 16.1. The molecule has 1 rings (SSSR count). The van der Waals surface area contributed by atoms with Crippen LogP contribution in [0.5, 0.6) is 0 Å². The molecular formula is C15H22O3S. The third-order valence-electron chi connectivity index (χ3n) is 3.03. The zero-order valence-corrected chi connectivity index (χ0v) is 12.4. The van der Waals surface area contributed by atoms with Gasteiger partial charge in [-0.25, -0.2) is 4.79 Å². The van der Waals surface area contributed by atoms with Crippen molar-refractivity contribution in [2.75, 3.05) is 12.9 Å². The van der Waals surface area contributed by atoms with Crippen LogP contribution in [0, 0.1) is 0 Å². The number of carboxylic acids is 1. The smallest absolute Gasteiger partial charge is 0.335 e. The Bertz CT molecular complexity index is 375. The second-order valence-corrected chi connectivity index (χ2v) is 5.74. The molecule has 0 spiro atoms. The van der Waals surface area contributed by atoms with Crippen LogP contribution in [0.25, 0.3) is 0 Å². The average Bonchev–Trinajstić information content (AvgIpc) is 2.42. The number of thioether (sulfide) groups is 1. The molecule has 1 atom stereocenters. The molecular weight excluding hydrogens is 260 g/mol. The Kier molecular flexibility index (Phi) is 7.60. The van der Waals surface area contributed by atoms with Gasteiger partial charge < -0.3 is 9.84 Å². The number of aromatic carboxylic acids is 1. The predicted molar refractivity (Wildman–Crippen MR) is 79.1 cm³/mol. The third-order valence-corrected chi connectivity index (χ3v) is 4.13. The maximum absolute atomic E-state index is 10.7. The van der Waals surface area contributed by atoms with Crippen LogP contribution in [0.1, 0.15) is 43.0 Å². The lowest BCUT2D eigenvalue weighted by atomic mass is 10.1. The molecule has 1 aromatic rings. The monoisotopic (exact) mass is 282 g/mol. The van der Waals surface area contributed by atoms with Gasteiger partial charge in [-0.15, -0.1) is 11.8 Å². The van der Waals surface area contributed by atoms with E-state index < -0.39 is 5.97 Å². The van der Waals surface area contributed by atoms with Crippen LogP contribution in [0.15, 0.2) is 29.2 Å². The highest BCUT2D eigenvalue weighted by molar-refractivity contribution is 7.99. The van der Waals surface area contributed by atoms with Gasteiger partial charge in [-0.1, -0.05) is 12.8 Å². The molecule has 0 aliphatic heterocycles. The van der Waals surface area contributed by atoms with Gasteiger partial charge in [-0.2, -0.15) is 0 Å². The standard InChI is InChI=1S/C15H22O3S/c1-12(18-2)6-4-3-5-11-19-14-9-7-13(8-10-14)15(16)17/h7-10,12H,3-6,11H2,1-2H3,(H,16,17). The van der Waals surface area contributed by atoms with Gasteiger partial charge >= 0.3 is 5.97 Å². The Hall–Kier alpha value is -1.00. The SMILES string of the molecule is COC(C)CCCCCSc1ccc(C(=O)O)cc1. The summed E-state index contributed by atoms with van der Waals surface area (Å²) in [6.07, 6.45) is 5.08. The van der Waals surface area contributed by atoms with Crippen LogP contribution >= 0.6 is 11.8 Å². The number of unbranched alkanes of at least 4 members (excludes halogenated alkanes) is 2. The molecule has 0 aromatic heterocycles. The van der Waals surface area contributed by atoms with Gasteiger partial charge in [0.1, 0.15) is 0 Å². The normalized spacial score (nSPS) is 12.3. The van der Waals surface area contributed by atoms with Crippen molar-refractivity contribution in [3.63, 3.8) is 0 Å². The highest BCUT2D eigenvalue weighted by Gasteiger charge is 2.02. The van der Waals surface area contributed by atoms with Crippen LogP contribution in [0.3, 0.4) is 0 Å². The molecule has 19 heavy (non-hydrogen) atoms. The van der Waals surface area contributed by atoms with E-state index in [1.54, 1.807) is 31.0 Å². The first-order valence-electron chi connectivity index (χ1n) is 6.62. The van der Waals surface area contributed by atoms with Crippen molar-refractivity contribution in [1.82, 2.24) is 0 Å². The van der Waals surface area contributed by atoms with Crippen molar-refractivity contribution in [1.29, 1.82) is 0 Å². The van der Waals surface area contributed by atoms with Crippen LogP contribution in [0.4, 0.5) is 0 Å². The Labute approximate surface area is 119 Å². The van der Waals surface area contributed by atoms with Crippen molar-refractivity contribution in [2.24, 2.45) is 0 Å². The predicted octanol–water partition coefficient (Wildman–Crippen LogP) is 4.07. The molecule has 1 unspecified atom stereocenters. The molecule has 0 saturated heterocycles. The second kappa shape index (κ2) is 8.99. The lowest BCUT2D eigenvalue weighted by Crippen LogP contribution is -2.03. The van der Waals surface area contributed by atoms with Gasteiger partial charge in [0, 0.05) is 12.0 Å². The van der Waals surface area contributed by atoms with E-state index in [2.05, 4.69) is 6.92 Å². The number of benzene rings is 1. The maximum Gasteiger partial charge on any atom is 0.335 e. The number of hydrogen-bond donors (Lipinski definition) is 1. The van der Waals surface area contributed by atoms with Crippen molar-refractivity contribution < 1.29 is 14.6 Å². The Balaban J connectivity index is 2.14. The number of ether oxygens (including phenoxy) is 1. The number of carboxylic acid groups (broad SMARTS) is 1. The number of rotatable bonds is 9. The van der Waals surface area contributed by atoms with Gasteiger partial charge in [0.15, 0.2) is 0 Å². The maximum atomic E-state index is 10.7. The summed E-state index contributed by atoms with van der Waals surface area (Å²) in [5.41, 5.74) is 0.345. The van der Waals surface area contributed by atoms with E-state index in [1.165, 1.54) is 19.3 Å². The van der Waals surface area contributed by atoms with Crippen LogP contribution in [0.2, 0.25) is 0 Å². The Morgan fingerprint density at radius 1 is 1.26 bits per heavy atom. The van der Waals surface area contributed by atoms with E-state index in [0.717, 1.165) is 17.1 Å². The van der Waals surface area contributed by atoms with E-state index >= 15 is 0 Å². The Morgan fingerprint density at radius 2 is 1.95 bits per heavy atom. The molecule has 0 aliphatic rings. The highest BCUT2D eigenvalue weighted by atomic mass is 32.2. The van der Waals surface area contributed by atoms with Gasteiger partial charge in [-0.3, -0.25) is 0 Å². The van der Waals surface area contributed by atoms with E-state index in [-0.39, 0.29) is 0 Å². The first-order valence-corrected chi connectivity index (χ1v) is 7.61. The quantitative estimate of drug-likeness (QED) is 0.548. The lowest BCUT2D eigenvalue weighted by molar-refractivity contribution is 0.0697. The third kappa shape index (κ3) is 6.64. The number of methoxy groups -OCH3 is 1. The van der Waals surface area contributed by atoms with Gasteiger partial charge in [0.05, 0.1) is 11.7 Å². The largest absolute Gasteiger partial charge is 0.478 e. The van der Waals surface area contributed by atoms with Crippen molar-refractivity contribution in [3.05, 3.63) is 29.8 Å². The average molecular weight is 282 g/mol. The fraction of sp³-hybridized carbons (Fsp3) is 0.533. The van der Waals surface area contributed by atoms with E-state index in [9.17, 15) is 4.79 Å². The molecule has 0 radical (unpaired) electrons. The van der Waals surface area contributed by atoms with Crippen LogP contribution in [-0.4, -0.2) is 30.0 Å². The summed E-state index contributed by atoms with van der Waals surface area (Å²) in [4.78, 5) is 11.8. The van der Waals surface area contributed by atoms with Crippen LogP contribution in [-0.2, 0) is 4.74 Å². The minimum absolute atomic E-state index is 0.345. The number of carbonyl (C=O) groups is 1. The summed E-state index contributed by atoms with van der Waals surface area (Å²) >= 11 is 1.78. The summed E-state index contributed by atoms with van der Waals surface area (Å²) < 4.78 is 5.20. The van der Waals surface area contributed by atoms with Crippen molar-refractivity contribution in [3.8, 4) is 0 Å².